The van der Waals surface area contributed by atoms with Crippen molar-refractivity contribution in [2.45, 2.75) is 43.7 Å². The number of carboxylic acids is 1. The highest BCUT2D eigenvalue weighted by Gasteiger charge is 2.38. The average Bonchev–Trinajstić information content (AvgIpc) is 3.38. The van der Waals surface area contributed by atoms with E-state index in [9.17, 15) is 21.6 Å². The van der Waals surface area contributed by atoms with E-state index in [0.717, 1.165) is 42.9 Å². The van der Waals surface area contributed by atoms with Crippen molar-refractivity contribution in [3.05, 3.63) is 48.5 Å². The Hall–Kier alpha value is -3.68. The van der Waals surface area contributed by atoms with Gasteiger partial charge in [0.2, 0.25) is 5.89 Å². The summed E-state index contributed by atoms with van der Waals surface area (Å²) in [7, 11) is -3.20. The van der Waals surface area contributed by atoms with Crippen LogP contribution in [0.25, 0.3) is 11.3 Å². The van der Waals surface area contributed by atoms with Gasteiger partial charge in [0.1, 0.15) is 5.75 Å². The molecule has 0 bridgehead atoms. The van der Waals surface area contributed by atoms with Gasteiger partial charge < -0.3 is 19.3 Å². The Balaban J connectivity index is 0.000000532. The number of aliphatic carboxylic acids is 1. The first kappa shape index (κ1) is 29.9. The number of hydrogen-bond donors (Lipinski definition) is 1. The highest BCUT2D eigenvalue weighted by Crippen LogP contribution is 2.25. The second kappa shape index (κ2) is 12.5. The monoisotopic (exact) mass is 570 g/mol. The summed E-state index contributed by atoms with van der Waals surface area (Å²) >= 11 is 0. The molecule has 0 saturated carbocycles. The van der Waals surface area contributed by atoms with Crippen LogP contribution in [0.1, 0.15) is 38.5 Å². The zero-order chi connectivity index (χ0) is 28.8. The molecule has 3 aromatic rings. The first-order chi connectivity index (χ1) is 18.2. The van der Waals surface area contributed by atoms with Gasteiger partial charge in [-0.1, -0.05) is 26.0 Å². The average molecular weight is 571 g/mol. The van der Waals surface area contributed by atoms with Crippen LogP contribution in [-0.4, -0.2) is 66.7 Å². The minimum absolute atomic E-state index is 0.231. The molecule has 0 aliphatic carbocycles. The van der Waals surface area contributed by atoms with E-state index in [1.165, 1.54) is 6.26 Å². The lowest BCUT2D eigenvalue weighted by atomic mass is 9.98. The van der Waals surface area contributed by atoms with Crippen molar-refractivity contribution in [2.24, 2.45) is 5.92 Å². The molecule has 0 radical (unpaired) electrons. The summed E-state index contributed by atoms with van der Waals surface area (Å²) in [5.74, 6) is 0.0151. The van der Waals surface area contributed by atoms with Crippen molar-refractivity contribution in [1.82, 2.24) is 15.1 Å². The fraction of sp³-hybridized carbons (Fsp3) is 0.440. The number of carboxylic acid groups (broad SMARTS) is 1. The Morgan fingerprint density at radius 3 is 2.23 bits per heavy atom. The van der Waals surface area contributed by atoms with Gasteiger partial charge in [0.25, 0.3) is 5.95 Å². The molecule has 2 aromatic heterocycles. The maximum atomic E-state index is 11.6. The van der Waals surface area contributed by atoms with Gasteiger partial charge in [0.15, 0.2) is 9.84 Å². The van der Waals surface area contributed by atoms with Gasteiger partial charge in [0.05, 0.1) is 23.4 Å². The molecule has 14 heteroatoms. The van der Waals surface area contributed by atoms with Crippen LogP contribution in [0.5, 0.6) is 5.75 Å². The number of rotatable bonds is 7. The predicted molar refractivity (Wildman–Crippen MR) is 135 cm³/mol. The molecule has 212 valence electrons. The topological polar surface area (TPSA) is 136 Å². The standard InChI is InChI=1S/C23H28N4O4S.C2HF3O2/c1-16(2)22-25-23(26-31-22)27-12-10-17(11-13-27)15-30-19-6-9-21(24-14-19)18-4-7-20(8-5-18)32(3,28)29;3-2(4,5)1(6)7/h4-9,14,16-17H,10-13,15H2,1-3H3;(H,6,7). The van der Waals surface area contributed by atoms with E-state index in [4.69, 9.17) is 19.2 Å². The normalized spacial score (nSPS) is 14.6. The summed E-state index contributed by atoms with van der Waals surface area (Å²) in [6.07, 6.45) is -0.167. The van der Waals surface area contributed by atoms with Crippen LogP contribution < -0.4 is 9.64 Å². The highest BCUT2D eigenvalue weighted by atomic mass is 32.2. The smallest absolute Gasteiger partial charge is 0.490 e. The molecule has 39 heavy (non-hydrogen) atoms. The molecule has 1 saturated heterocycles. The Bertz CT molecular complexity index is 1340. The number of anilines is 1. The Kier molecular flexibility index (Phi) is 9.54. The molecule has 0 amide bonds. The Morgan fingerprint density at radius 1 is 1.15 bits per heavy atom. The molecular formula is C25H29F3N4O6S. The molecule has 0 atom stereocenters. The van der Waals surface area contributed by atoms with Crippen LogP contribution >= 0.6 is 0 Å². The predicted octanol–water partition coefficient (Wildman–Crippen LogP) is 4.59. The molecular weight excluding hydrogens is 541 g/mol. The van der Waals surface area contributed by atoms with Crippen LogP contribution in [0.15, 0.2) is 52.0 Å². The summed E-state index contributed by atoms with van der Waals surface area (Å²) in [4.78, 5) is 20.3. The maximum absolute atomic E-state index is 11.6. The summed E-state index contributed by atoms with van der Waals surface area (Å²) in [6.45, 7) is 6.48. The van der Waals surface area contributed by atoms with E-state index < -0.39 is 22.0 Å². The lowest BCUT2D eigenvalue weighted by Crippen LogP contribution is -2.36. The third-order valence-electron chi connectivity index (χ3n) is 5.87. The Morgan fingerprint density at radius 2 is 1.77 bits per heavy atom. The van der Waals surface area contributed by atoms with Gasteiger partial charge in [-0.05, 0) is 48.2 Å². The van der Waals surface area contributed by atoms with Crippen LogP contribution in [0.2, 0.25) is 0 Å². The number of halogens is 3. The molecule has 0 spiro atoms. The van der Waals surface area contributed by atoms with Crippen LogP contribution in [0, 0.1) is 5.92 Å². The number of sulfone groups is 1. The fourth-order valence-corrected chi connectivity index (χ4v) is 4.24. The van der Waals surface area contributed by atoms with Gasteiger partial charge in [-0.3, -0.25) is 4.98 Å². The number of pyridine rings is 1. The van der Waals surface area contributed by atoms with E-state index in [1.54, 1.807) is 30.5 Å². The quantitative estimate of drug-likeness (QED) is 0.430. The summed E-state index contributed by atoms with van der Waals surface area (Å²) in [6, 6.07) is 10.5. The number of benzene rings is 1. The molecule has 4 rings (SSSR count). The molecule has 3 heterocycles. The second-order valence-electron chi connectivity index (χ2n) is 9.31. The van der Waals surface area contributed by atoms with E-state index in [-0.39, 0.29) is 5.92 Å². The molecule has 10 nitrogen and oxygen atoms in total. The van der Waals surface area contributed by atoms with E-state index >= 15 is 0 Å². The zero-order valence-corrected chi connectivity index (χ0v) is 22.4. The van der Waals surface area contributed by atoms with E-state index in [1.807, 2.05) is 26.0 Å². The van der Waals surface area contributed by atoms with Gasteiger partial charge in [-0.15, -0.1) is 0 Å². The molecule has 1 aliphatic rings. The third kappa shape index (κ3) is 8.67. The largest absolute Gasteiger partial charge is 0.492 e. The van der Waals surface area contributed by atoms with Crippen molar-refractivity contribution in [2.75, 3.05) is 30.9 Å². The number of carbonyl (C=O) groups is 1. The van der Waals surface area contributed by atoms with Crippen LogP contribution in [-0.2, 0) is 14.6 Å². The number of ether oxygens (including phenoxy) is 1. The number of alkyl halides is 3. The van der Waals surface area contributed by atoms with Crippen LogP contribution in [0.3, 0.4) is 0 Å². The van der Waals surface area contributed by atoms with E-state index in [0.29, 0.717) is 29.3 Å². The lowest BCUT2D eigenvalue weighted by Gasteiger charge is -2.30. The SMILES string of the molecule is CC(C)c1nc(N2CCC(COc3ccc(-c4ccc(S(C)(=O)=O)cc4)nc3)CC2)no1.O=C(O)C(F)(F)F. The van der Waals surface area contributed by atoms with E-state index in [2.05, 4.69) is 20.0 Å². The fourth-order valence-electron chi connectivity index (χ4n) is 3.61. The second-order valence-corrected chi connectivity index (χ2v) is 11.3. The van der Waals surface area contributed by atoms with Crippen molar-refractivity contribution < 1.29 is 40.8 Å². The third-order valence-corrected chi connectivity index (χ3v) is 6.99. The van der Waals surface area contributed by atoms with Crippen molar-refractivity contribution in [3.8, 4) is 17.0 Å². The summed E-state index contributed by atoms with van der Waals surface area (Å²) in [5.41, 5.74) is 1.63. The molecule has 1 aromatic carbocycles. The molecule has 1 fully saturated rings. The summed E-state index contributed by atoms with van der Waals surface area (Å²) < 4.78 is 66.2. The molecule has 1 aliphatic heterocycles. The minimum atomic E-state index is -5.08. The van der Waals surface area contributed by atoms with Crippen molar-refractivity contribution >= 4 is 21.8 Å². The van der Waals surface area contributed by atoms with Gasteiger partial charge in [-0.2, -0.15) is 18.2 Å². The first-order valence-electron chi connectivity index (χ1n) is 12.0. The highest BCUT2D eigenvalue weighted by molar-refractivity contribution is 7.90. The van der Waals surface area contributed by atoms with Crippen LogP contribution in [0.4, 0.5) is 19.1 Å². The first-order valence-corrected chi connectivity index (χ1v) is 13.9. The van der Waals surface area contributed by atoms with Gasteiger partial charge in [0, 0.05) is 30.8 Å². The minimum Gasteiger partial charge on any atom is -0.492 e. The van der Waals surface area contributed by atoms with Crippen molar-refractivity contribution in [1.29, 1.82) is 0 Å². The maximum Gasteiger partial charge on any atom is 0.490 e. The number of piperidine rings is 1. The number of nitrogens with zero attached hydrogens (tertiary/aromatic N) is 4. The number of hydrogen-bond acceptors (Lipinski definition) is 9. The number of aromatic nitrogens is 3. The summed E-state index contributed by atoms with van der Waals surface area (Å²) in [5, 5.41) is 11.2. The molecule has 0 unspecified atom stereocenters. The zero-order valence-electron chi connectivity index (χ0n) is 21.6. The molecule has 1 N–H and O–H groups in total. The van der Waals surface area contributed by atoms with Gasteiger partial charge >= 0.3 is 12.1 Å². The lowest BCUT2D eigenvalue weighted by molar-refractivity contribution is -0.192. The van der Waals surface area contributed by atoms with Crippen molar-refractivity contribution in [3.63, 3.8) is 0 Å². The Labute approximate surface area is 223 Å². The van der Waals surface area contributed by atoms with Gasteiger partial charge in [-0.25, -0.2) is 13.2 Å².